The summed E-state index contributed by atoms with van der Waals surface area (Å²) in [6.45, 7) is 6.60. The highest BCUT2D eigenvalue weighted by Crippen LogP contribution is 2.29. The van der Waals surface area contributed by atoms with Gasteiger partial charge < -0.3 is 26.2 Å². The summed E-state index contributed by atoms with van der Waals surface area (Å²) in [7, 11) is 0. The summed E-state index contributed by atoms with van der Waals surface area (Å²) >= 11 is 0. The van der Waals surface area contributed by atoms with Gasteiger partial charge >= 0.3 is 6.09 Å². The van der Waals surface area contributed by atoms with E-state index >= 15 is 0 Å². The fourth-order valence-electron chi connectivity index (χ4n) is 4.17. The third-order valence-electron chi connectivity index (χ3n) is 6.11. The lowest BCUT2D eigenvalue weighted by molar-refractivity contribution is -0.137. The number of carbonyl (C=O) groups is 4. The van der Waals surface area contributed by atoms with Crippen molar-refractivity contribution in [2.45, 2.75) is 58.2 Å². The number of primary amides is 1. The number of alkyl carbamates (subject to hydrolysis) is 1. The van der Waals surface area contributed by atoms with Gasteiger partial charge in [-0.15, -0.1) is 0 Å². The Kier molecular flexibility index (Phi) is 9.58. The second-order valence-corrected chi connectivity index (χ2v) is 10.5. The molecule has 41 heavy (non-hydrogen) atoms. The molecule has 4 amide bonds. The second-order valence-electron chi connectivity index (χ2n) is 10.5. The fraction of sp³-hybridized carbons (Fsp3) is 0.290. The smallest absolute Gasteiger partial charge is 0.408 e. The van der Waals surface area contributed by atoms with E-state index in [0.29, 0.717) is 16.8 Å². The Bertz CT molecular complexity index is 1500. The molecule has 0 radical (unpaired) electrons. The Morgan fingerprint density at radius 1 is 1.05 bits per heavy atom. The van der Waals surface area contributed by atoms with Crippen LogP contribution in [0.5, 0.6) is 5.75 Å². The van der Waals surface area contributed by atoms with Gasteiger partial charge in [0.1, 0.15) is 23.4 Å². The van der Waals surface area contributed by atoms with Crippen LogP contribution in [0.25, 0.3) is 10.8 Å². The molecule has 0 fully saturated rings. The Balaban J connectivity index is 2.00. The van der Waals surface area contributed by atoms with Gasteiger partial charge in [0.2, 0.25) is 5.91 Å². The number of hydrogen-bond donors (Lipinski definition) is 4. The standard InChI is InChI=1S/C31H34N4O6/c1-6-35(29(39)24(14-16-26(32)37)34-30(40)41-31(3,4)5)27(22-12-15-25(36)19(2)17-22)28(38)33-23-13-11-20-9-7-8-10-21(20)18-23/h1,7-13,15,17-18,24,27,36H,14,16H2,2-5H3,(H2,32,37)(H,33,38)(H,34,40). The van der Waals surface area contributed by atoms with Crippen molar-refractivity contribution in [3.63, 3.8) is 0 Å². The third kappa shape index (κ3) is 8.22. The van der Waals surface area contributed by atoms with Gasteiger partial charge in [0.05, 0.1) is 0 Å². The monoisotopic (exact) mass is 558 g/mol. The molecule has 3 aromatic carbocycles. The maximum absolute atomic E-state index is 13.8. The maximum Gasteiger partial charge on any atom is 0.408 e. The predicted octanol–water partition coefficient (Wildman–Crippen LogP) is 4.11. The summed E-state index contributed by atoms with van der Waals surface area (Å²) in [5, 5.41) is 17.2. The summed E-state index contributed by atoms with van der Waals surface area (Å²) in [4.78, 5) is 52.6. The third-order valence-corrected chi connectivity index (χ3v) is 6.11. The number of aryl methyl sites for hydroxylation is 1. The molecule has 0 saturated carbocycles. The molecule has 214 valence electrons. The van der Waals surface area contributed by atoms with E-state index in [2.05, 4.69) is 16.7 Å². The van der Waals surface area contributed by atoms with Crippen LogP contribution in [0.1, 0.15) is 50.8 Å². The van der Waals surface area contributed by atoms with Crippen molar-refractivity contribution in [1.82, 2.24) is 10.2 Å². The molecule has 2 unspecified atom stereocenters. The summed E-state index contributed by atoms with van der Waals surface area (Å²) in [6.07, 6.45) is 4.47. The average molecular weight is 559 g/mol. The van der Waals surface area contributed by atoms with Gasteiger partial charge in [-0.3, -0.25) is 19.3 Å². The first kappa shape index (κ1) is 30.5. The van der Waals surface area contributed by atoms with Crippen molar-refractivity contribution in [3.05, 3.63) is 71.8 Å². The van der Waals surface area contributed by atoms with Crippen LogP contribution in [0.3, 0.4) is 0 Å². The number of aromatic hydroxyl groups is 1. The Morgan fingerprint density at radius 2 is 1.73 bits per heavy atom. The lowest BCUT2D eigenvalue weighted by Crippen LogP contribution is -2.51. The number of nitrogens with zero attached hydrogens (tertiary/aromatic N) is 1. The number of amides is 4. The maximum atomic E-state index is 13.8. The van der Waals surface area contributed by atoms with Crippen molar-refractivity contribution >= 4 is 40.3 Å². The highest BCUT2D eigenvalue weighted by atomic mass is 16.6. The number of phenolic OH excluding ortho intramolecular Hbond substituents is 1. The first-order valence-corrected chi connectivity index (χ1v) is 13.0. The zero-order valence-electron chi connectivity index (χ0n) is 23.4. The summed E-state index contributed by atoms with van der Waals surface area (Å²) in [6, 6.07) is 16.9. The van der Waals surface area contributed by atoms with Gasteiger partial charge in [-0.05, 0) is 80.3 Å². The quantitative estimate of drug-likeness (QED) is 0.229. The van der Waals surface area contributed by atoms with E-state index in [1.54, 1.807) is 39.8 Å². The largest absolute Gasteiger partial charge is 0.508 e. The van der Waals surface area contributed by atoms with Crippen LogP contribution < -0.4 is 16.4 Å². The van der Waals surface area contributed by atoms with Crippen LogP contribution >= 0.6 is 0 Å². The number of benzene rings is 3. The molecule has 3 rings (SSSR count). The molecule has 0 aliphatic heterocycles. The normalized spacial score (nSPS) is 12.5. The van der Waals surface area contributed by atoms with Crippen molar-refractivity contribution in [2.75, 3.05) is 5.32 Å². The second kappa shape index (κ2) is 12.9. The lowest BCUT2D eigenvalue weighted by atomic mass is 10.00. The topological polar surface area (TPSA) is 151 Å². The molecule has 0 bridgehead atoms. The minimum Gasteiger partial charge on any atom is -0.508 e. The van der Waals surface area contributed by atoms with Crippen molar-refractivity contribution in [1.29, 1.82) is 0 Å². The highest BCUT2D eigenvalue weighted by molar-refractivity contribution is 6.01. The minimum absolute atomic E-state index is 0.00745. The van der Waals surface area contributed by atoms with Crippen LogP contribution in [-0.2, 0) is 19.1 Å². The number of phenols is 1. The molecule has 10 nitrogen and oxygen atoms in total. The van der Waals surface area contributed by atoms with Gasteiger partial charge in [-0.25, -0.2) is 4.79 Å². The number of carbonyl (C=O) groups excluding carboxylic acids is 4. The number of nitrogens with two attached hydrogens (primary N) is 1. The van der Waals surface area contributed by atoms with Gasteiger partial charge in [-0.1, -0.05) is 42.8 Å². The van der Waals surface area contributed by atoms with E-state index in [1.165, 1.54) is 18.2 Å². The van der Waals surface area contributed by atoms with Gasteiger partial charge in [0, 0.05) is 18.2 Å². The van der Waals surface area contributed by atoms with Crippen molar-refractivity contribution in [3.8, 4) is 18.2 Å². The summed E-state index contributed by atoms with van der Waals surface area (Å²) in [5.74, 6) is -2.17. The molecule has 3 aromatic rings. The molecule has 10 heteroatoms. The van der Waals surface area contributed by atoms with Crippen LogP contribution in [0.15, 0.2) is 60.7 Å². The molecular formula is C31H34N4O6. The zero-order chi connectivity index (χ0) is 30.3. The summed E-state index contributed by atoms with van der Waals surface area (Å²) < 4.78 is 5.28. The number of ether oxygens (including phenoxy) is 1. The predicted molar refractivity (Wildman–Crippen MR) is 155 cm³/mol. The van der Waals surface area contributed by atoms with E-state index in [4.69, 9.17) is 16.9 Å². The molecule has 0 heterocycles. The van der Waals surface area contributed by atoms with E-state index < -0.39 is 41.5 Å². The Labute approximate surface area is 238 Å². The first-order chi connectivity index (χ1) is 19.3. The molecule has 0 aliphatic rings. The zero-order valence-corrected chi connectivity index (χ0v) is 23.4. The molecule has 0 saturated heterocycles. The Morgan fingerprint density at radius 3 is 2.34 bits per heavy atom. The van der Waals surface area contributed by atoms with E-state index in [1.807, 2.05) is 30.3 Å². The molecule has 2 atom stereocenters. The average Bonchev–Trinajstić information content (AvgIpc) is 2.89. The molecule has 0 spiro atoms. The van der Waals surface area contributed by atoms with E-state index in [-0.39, 0.29) is 18.6 Å². The highest BCUT2D eigenvalue weighted by Gasteiger charge is 2.36. The van der Waals surface area contributed by atoms with Crippen LogP contribution in [0.2, 0.25) is 0 Å². The number of fused-ring (bicyclic) bond motifs is 1. The lowest BCUT2D eigenvalue weighted by Gasteiger charge is -2.30. The van der Waals surface area contributed by atoms with E-state index in [9.17, 15) is 24.3 Å². The van der Waals surface area contributed by atoms with Crippen molar-refractivity contribution < 1.29 is 29.0 Å². The van der Waals surface area contributed by atoms with Crippen LogP contribution in [0.4, 0.5) is 10.5 Å². The minimum atomic E-state index is -1.37. The fourth-order valence-corrected chi connectivity index (χ4v) is 4.17. The first-order valence-electron chi connectivity index (χ1n) is 13.0. The van der Waals surface area contributed by atoms with Crippen LogP contribution in [0, 0.1) is 19.4 Å². The van der Waals surface area contributed by atoms with Gasteiger partial charge in [-0.2, -0.15) is 0 Å². The molecule has 0 aromatic heterocycles. The molecule has 5 N–H and O–H groups in total. The van der Waals surface area contributed by atoms with E-state index in [0.717, 1.165) is 15.7 Å². The number of nitrogens with one attached hydrogen (secondary N) is 2. The van der Waals surface area contributed by atoms with Crippen LogP contribution in [-0.4, -0.2) is 45.5 Å². The molecule has 0 aliphatic carbocycles. The van der Waals surface area contributed by atoms with Crippen molar-refractivity contribution in [2.24, 2.45) is 5.73 Å². The van der Waals surface area contributed by atoms with Gasteiger partial charge in [0.25, 0.3) is 11.8 Å². The van der Waals surface area contributed by atoms with Gasteiger partial charge in [0.15, 0.2) is 0 Å². The number of rotatable bonds is 9. The SMILES string of the molecule is C#CN(C(=O)C(CCC(N)=O)NC(=O)OC(C)(C)C)C(C(=O)Nc1ccc2ccccc2c1)c1ccc(O)c(C)c1. The number of anilines is 1. The molecular weight excluding hydrogens is 524 g/mol. The summed E-state index contributed by atoms with van der Waals surface area (Å²) in [5.41, 5.74) is 5.67. The Hall–Kier alpha value is -5.04. The number of hydrogen-bond acceptors (Lipinski definition) is 6. The number of terminal acetylenes is 1.